The molecule has 0 amide bonds. The molecule has 1 aromatic rings. The number of aromatic nitrogens is 1. The molecule has 18 heavy (non-hydrogen) atoms. The number of hydrogen-bond acceptors (Lipinski definition) is 4. The summed E-state index contributed by atoms with van der Waals surface area (Å²) in [6, 6.07) is 0. The van der Waals surface area contributed by atoms with Crippen LogP contribution in [-0.4, -0.2) is 23.0 Å². The van der Waals surface area contributed by atoms with Gasteiger partial charge in [0, 0.05) is 18.2 Å². The molecule has 0 bridgehead atoms. The zero-order valence-corrected chi connectivity index (χ0v) is 12.0. The van der Waals surface area contributed by atoms with Gasteiger partial charge in [-0.05, 0) is 38.5 Å². The maximum Gasteiger partial charge on any atom is 0.171 e. The molecule has 1 aliphatic carbocycles. The maximum absolute atomic E-state index is 12.5. The first kappa shape index (κ1) is 13.7. The van der Waals surface area contributed by atoms with Gasteiger partial charge in [-0.25, -0.2) is 4.98 Å². The lowest BCUT2D eigenvalue weighted by Gasteiger charge is -2.37. The van der Waals surface area contributed by atoms with Gasteiger partial charge in [-0.15, -0.1) is 11.3 Å². The second-order valence-corrected chi connectivity index (χ2v) is 6.11. The van der Waals surface area contributed by atoms with Crippen molar-refractivity contribution in [3.8, 4) is 0 Å². The second-order valence-electron chi connectivity index (χ2n) is 5.14. The summed E-state index contributed by atoms with van der Waals surface area (Å²) in [7, 11) is 0. The van der Waals surface area contributed by atoms with Crippen molar-refractivity contribution >= 4 is 17.1 Å². The molecule has 0 unspecified atom stereocenters. The van der Waals surface area contributed by atoms with Gasteiger partial charge in [0.25, 0.3) is 0 Å². The van der Waals surface area contributed by atoms with Crippen molar-refractivity contribution in [2.24, 2.45) is 5.92 Å². The van der Waals surface area contributed by atoms with E-state index < -0.39 is 5.60 Å². The van der Waals surface area contributed by atoms with Crippen molar-refractivity contribution in [2.45, 2.75) is 51.6 Å². The Labute approximate surface area is 113 Å². The van der Waals surface area contributed by atoms with Gasteiger partial charge >= 0.3 is 0 Å². The Balaban J connectivity index is 2.06. The Kier molecular flexibility index (Phi) is 4.51. The monoisotopic (exact) mass is 267 g/mol. The average Bonchev–Trinajstić information content (AvgIpc) is 2.85. The summed E-state index contributed by atoms with van der Waals surface area (Å²) in [5, 5.41) is 2.82. The van der Waals surface area contributed by atoms with Crippen LogP contribution in [0.15, 0.2) is 11.6 Å². The molecule has 1 heterocycles. The summed E-state index contributed by atoms with van der Waals surface area (Å²) >= 11 is 1.55. The number of carbonyl (C=O) groups is 1. The number of nitrogens with zero attached hydrogens (tertiary/aromatic N) is 1. The van der Waals surface area contributed by atoms with Gasteiger partial charge in [0.05, 0.1) is 11.4 Å². The second kappa shape index (κ2) is 5.93. The molecule has 0 atom stereocenters. The molecule has 1 fully saturated rings. The van der Waals surface area contributed by atoms with Crippen molar-refractivity contribution in [3.63, 3.8) is 0 Å². The normalized spacial score (nSPS) is 28.2. The molecule has 1 saturated carbocycles. The molecule has 1 aliphatic rings. The van der Waals surface area contributed by atoms with Crippen LogP contribution in [0, 0.1) is 5.92 Å². The van der Waals surface area contributed by atoms with Crippen LogP contribution in [0.25, 0.3) is 0 Å². The highest BCUT2D eigenvalue weighted by Gasteiger charge is 2.41. The van der Waals surface area contributed by atoms with E-state index in [1.54, 1.807) is 17.5 Å². The molecule has 100 valence electrons. The van der Waals surface area contributed by atoms with Crippen LogP contribution >= 0.6 is 11.3 Å². The van der Waals surface area contributed by atoms with E-state index in [1.807, 2.05) is 12.3 Å². The number of carbonyl (C=O) groups excluding carboxylic acids is 1. The largest absolute Gasteiger partial charge is 0.367 e. The highest BCUT2D eigenvalue weighted by atomic mass is 32.1. The average molecular weight is 267 g/mol. The van der Waals surface area contributed by atoms with Crippen molar-refractivity contribution < 1.29 is 9.53 Å². The summed E-state index contributed by atoms with van der Waals surface area (Å²) in [6.45, 7) is 4.83. The molecule has 0 N–H and O–H groups in total. The minimum absolute atomic E-state index is 0.214. The number of ether oxygens (including phenoxy) is 1. The predicted molar refractivity (Wildman–Crippen MR) is 72.8 cm³/mol. The van der Waals surface area contributed by atoms with E-state index in [0.717, 1.165) is 30.7 Å². The molecule has 4 heteroatoms. The highest BCUT2D eigenvalue weighted by molar-refractivity contribution is 7.09. The van der Waals surface area contributed by atoms with Crippen molar-refractivity contribution in [1.82, 2.24) is 4.98 Å². The lowest BCUT2D eigenvalue weighted by Crippen LogP contribution is -2.45. The smallest absolute Gasteiger partial charge is 0.171 e. The summed E-state index contributed by atoms with van der Waals surface area (Å²) < 4.78 is 5.86. The van der Waals surface area contributed by atoms with Gasteiger partial charge in [0.2, 0.25) is 0 Å². The van der Waals surface area contributed by atoms with Crippen LogP contribution in [-0.2, 0) is 16.0 Å². The molecule has 0 radical (unpaired) electrons. The van der Waals surface area contributed by atoms with Crippen molar-refractivity contribution in [3.05, 3.63) is 16.6 Å². The number of hydrogen-bond donors (Lipinski definition) is 0. The van der Waals surface area contributed by atoms with E-state index in [-0.39, 0.29) is 5.78 Å². The van der Waals surface area contributed by atoms with Crippen LogP contribution in [0.3, 0.4) is 0 Å². The zero-order chi connectivity index (χ0) is 13.0. The van der Waals surface area contributed by atoms with Gasteiger partial charge < -0.3 is 4.74 Å². The number of Topliss-reactive ketones (excluding diaryl/α,β-unsaturated/α-hetero) is 1. The number of ketones is 1. The molecular weight excluding hydrogens is 246 g/mol. The van der Waals surface area contributed by atoms with E-state index in [1.165, 1.54) is 0 Å². The molecular formula is C14H21NO2S. The fraction of sp³-hybridized carbons (Fsp3) is 0.714. The molecule has 0 aromatic carbocycles. The Morgan fingerprint density at radius 1 is 1.56 bits per heavy atom. The third kappa shape index (κ3) is 2.98. The van der Waals surface area contributed by atoms with Gasteiger partial charge in [-0.2, -0.15) is 0 Å². The van der Waals surface area contributed by atoms with Gasteiger partial charge in [0.15, 0.2) is 5.78 Å². The first-order chi connectivity index (χ1) is 8.66. The fourth-order valence-electron chi connectivity index (χ4n) is 2.65. The lowest BCUT2D eigenvalue weighted by atomic mass is 9.76. The van der Waals surface area contributed by atoms with E-state index >= 15 is 0 Å². The molecule has 0 aliphatic heterocycles. The highest BCUT2D eigenvalue weighted by Crippen LogP contribution is 2.36. The summed E-state index contributed by atoms with van der Waals surface area (Å²) in [5.74, 6) is 0.928. The topological polar surface area (TPSA) is 39.2 Å². The van der Waals surface area contributed by atoms with E-state index in [9.17, 15) is 4.79 Å². The number of thiazole rings is 1. The Morgan fingerprint density at radius 2 is 2.28 bits per heavy atom. The quantitative estimate of drug-likeness (QED) is 0.822. The van der Waals surface area contributed by atoms with Crippen LogP contribution in [0.2, 0.25) is 0 Å². The van der Waals surface area contributed by atoms with Gasteiger partial charge in [0.1, 0.15) is 5.60 Å². The molecule has 2 rings (SSSR count). The SMILES string of the molecule is CCOC1(C(=O)Cc2nccs2)CCC(C)CC1. The predicted octanol–water partition coefficient (Wildman–Crippen LogP) is 3.24. The Bertz CT molecular complexity index is 381. The molecule has 3 nitrogen and oxygen atoms in total. The van der Waals surface area contributed by atoms with Crippen LogP contribution in [0.5, 0.6) is 0 Å². The van der Waals surface area contributed by atoms with E-state index in [2.05, 4.69) is 11.9 Å². The Morgan fingerprint density at radius 3 is 2.83 bits per heavy atom. The van der Waals surface area contributed by atoms with Gasteiger partial charge in [-0.1, -0.05) is 6.92 Å². The summed E-state index contributed by atoms with van der Waals surface area (Å²) in [4.78, 5) is 16.7. The fourth-order valence-corrected chi connectivity index (χ4v) is 3.26. The van der Waals surface area contributed by atoms with Crippen molar-refractivity contribution in [1.29, 1.82) is 0 Å². The molecule has 1 aromatic heterocycles. The van der Waals surface area contributed by atoms with E-state index in [4.69, 9.17) is 4.74 Å². The summed E-state index contributed by atoms with van der Waals surface area (Å²) in [6.07, 6.45) is 6.08. The number of rotatable bonds is 5. The minimum Gasteiger partial charge on any atom is -0.367 e. The molecule has 0 spiro atoms. The third-order valence-electron chi connectivity index (χ3n) is 3.81. The first-order valence-electron chi connectivity index (χ1n) is 6.72. The van der Waals surface area contributed by atoms with Gasteiger partial charge in [-0.3, -0.25) is 4.79 Å². The summed E-state index contributed by atoms with van der Waals surface area (Å²) in [5.41, 5.74) is -0.535. The van der Waals surface area contributed by atoms with Crippen LogP contribution in [0.4, 0.5) is 0 Å². The molecule has 0 saturated heterocycles. The Hall–Kier alpha value is -0.740. The zero-order valence-electron chi connectivity index (χ0n) is 11.1. The van der Waals surface area contributed by atoms with Crippen LogP contribution < -0.4 is 0 Å². The standard InChI is InChI=1S/C14H21NO2S/c1-3-17-14(6-4-11(2)5-7-14)12(16)10-13-15-8-9-18-13/h8-9,11H,3-7,10H2,1-2H3. The van der Waals surface area contributed by atoms with Crippen LogP contribution in [0.1, 0.15) is 44.5 Å². The first-order valence-corrected chi connectivity index (χ1v) is 7.60. The van der Waals surface area contributed by atoms with E-state index in [0.29, 0.717) is 18.9 Å². The maximum atomic E-state index is 12.5. The third-order valence-corrected chi connectivity index (χ3v) is 4.59. The lowest BCUT2D eigenvalue weighted by molar-refractivity contribution is -0.149. The minimum atomic E-state index is -0.535. The van der Waals surface area contributed by atoms with Crippen molar-refractivity contribution in [2.75, 3.05) is 6.61 Å².